The van der Waals surface area contributed by atoms with Gasteiger partial charge in [-0.05, 0) is 35.4 Å². The Balaban J connectivity index is 2.27. The van der Waals surface area contributed by atoms with Crippen molar-refractivity contribution in [2.24, 2.45) is 0 Å². The first kappa shape index (κ1) is 10.9. The van der Waals surface area contributed by atoms with Crippen LogP contribution in [0.2, 0.25) is 0 Å². The van der Waals surface area contributed by atoms with Gasteiger partial charge >= 0.3 is 0 Å². The number of H-pyrrole nitrogens is 1. The van der Waals surface area contributed by atoms with Gasteiger partial charge in [-0.25, -0.2) is 4.98 Å². The highest BCUT2D eigenvalue weighted by Crippen LogP contribution is 2.22. The van der Waals surface area contributed by atoms with E-state index in [2.05, 4.69) is 15.3 Å². The molecule has 1 aromatic heterocycles. The summed E-state index contributed by atoms with van der Waals surface area (Å²) in [5.74, 6) is 0.551. The number of halogens is 1. The molecule has 0 atom stereocenters. The highest BCUT2D eigenvalue weighted by Gasteiger charge is 2.22. The fourth-order valence-electron chi connectivity index (χ4n) is 1.23. The fraction of sp³-hybridized carbons (Fsp3) is 0.556. The maximum atomic E-state index is 11.5. The lowest BCUT2D eigenvalue weighted by Crippen LogP contribution is -2.19. The van der Waals surface area contributed by atoms with Crippen molar-refractivity contribution in [2.75, 3.05) is 12.4 Å². The van der Waals surface area contributed by atoms with E-state index in [0.29, 0.717) is 27.9 Å². The van der Waals surface area contributed by atoms with E-state index in [1.54, 1.807) is 7.11 Å². The molecule has 15 heavy (non-hydrogen) atoms. The van der Waals surface area contributed by atoms with Gasteiger partial charge < -0.3 is 10.1 Å². The Morgan fingerprint density at radius 3 is 3.00 bits per heavy atom. The predicted molar refractivity (Wildman–Crippen MR) is 64.9 cm³/mol. The maximum absolute atomic E-state index is 11.5. The summed E-state index contributed by atoms with van der Waals surface area (Å²) in [5, 5.41) is 3.16. The normalized spacial score (nSPS) is 15.3. The molecule has 0 radical (unpaired) electrons. The highest BCUT2D eigenvalue weighted by molar-refractivity contribution is 14.1. The fourth-order valence-corrected chi connectivity index (χ4v) is 1.64. The third-order valence-corrected chi connectivity index (χ3v) is 3.24. The Morgan fingerprint density at radius 2 is 2.40 bits per heavy atom. The maximum Gasteiger partial charge on any atom is 0.266 e. The van der Waals surface area contributed by atoms with Gasteiger partial charge in [-0.2, -0.15) is 0 Å². The van der Waals surface area contributed by atoms with Gasteiger partial charge in [0.25, 0.3) is 5.56 Å². The number of aromatic amines is 1. The second-order valence-electron chi connectivity index (χ2n) is 3.53. The van der Waals surface area contributed by atoms with Gasteiger partial charge in [0.05, 0.1) is 12.3 Å². The molecule has 0 aliphatic heterocycles. The molecule has 0 saturated heterocycles. The predicted octanol–water partition coefficient (Wildman–Crippen LogP) is 1.10. The Kier molecular flexibility index (Phi) is 3.25. The number of anilines is 1. The zero-order chi connectivity index (χ0) is 10.8. The van der Waals surface area contributed by atoms with Crippen LogP contribution in [0.1, 0.15) is 18.5 Å². The lowest BCUT2D eigenvalue weighted by molar-refractivity contribution is 0.180. The Morgan fingerprint density at radius 1 is 1.67 bits per heavy atom. The zero-order valence-corrected chi connectivity index (χ0v) is 10.5. The molecule has 82 valence electrons. The number of aromatic nitrogens is 2. The van der Waals surface area contributed by atoms with E-state index in [1.807, 2.05) is 22.6 Å². The number of hydrogen-bond acceptors (Lipinski definition) is 4. The number of rotatable bonds is 4. The molecule has 0 unspecified atom stereocenters. The molecule has 5 nitrogen and oxygen atoms in total. The van der Waals surface area contributed by atoms with Crippen molar-refractivity contribution in [3.05, 3.63) is 19.6 Å². The van der Waals surface area contributed by atoms with Crippen LogP contribution < -0.4 is 10.9 Å². The first-order valence-electron chi connectivity index (χ1n) is 4.75. The average molecular weight is 321 g/mol. The van der Waals surface area contributed by atoms with E-state index in [4.69, 9.17) is 4.74 Å². The molecule has 0 amide bonds. The minimum atomic E-state index is -0.110. The molecule has 2 N–H and O–H groups in total. The largest absolute Gasteiger partial charge is 0.378 e. The van der Waals surface area contributed by atoms with Crippen LogP contribution in [0.5, 0.6) is 0 Å². The Bertz CT molecular complexity index is 414. The second-order valence-corrected chi connectivity index (χ2v) is 4.61. The van der Waals surface area contributed by atoms with Gasteiger partial charge in [-0.3, -0.25) is 9.78 Å². The van der Waals surface area contributed by atoms with Crippen molar-refractivity contribution in [2.45, 2.75) is 25.5 Å². The first-order chi connectivity index (χ1) is 7.20. The second kappa shape index (κ2) is 4.48. The van der Waals surface area contributed by atoms with Crippen LogP contribution >= 0.6 is 22.6 Å². The van der Waals surface area contributed by atoms with Crippen molar-refractivity contribution < 1.29 is 4.74 Å². The number of ether oxygens (including phenoxy) is 1. The van der Waals surface area contributed by atoms with Crippen molar-refractivity contribution in [1.82, 2.24) is 9.97 Å². The van der Waals surface area contributed by atoms with Gasteiger partial charge in [-0.1, -0.05) is 0 Å². The molecular weight excluding hydrogens is 309 g/mol. The van der Waals surface area contributed by atoms with Gasteiger partial charge in [-0.15, -0.1) is 0 Å². The van der Waals surface area contributed by atoms with Crippen LogP contribution in [-0.2, 0) is 11.3 Å². The standard InChI is InChI=1S/C9H12IN3O2/c1-15-4-6-7(10)8(14)13-9(12-6)11-5-2-3-5/h5H,2-4H2,1H3,(H2,11,12,13,14). The van der Waals surface area contributed by atoms with Crippen molar-refractivity contribution >= 4 is 28.5 Å². The molecule has 1 aliphatic carbocycles. The molecule has 1 aromatic rings. The quantitative estimate of drug-likeness (QED) is 0.815. The molecule has 1 aliphatic rings. The summed E-state index contributed by atoms with van der Waals surface area (Å²) in [7, 11) is 1.59. The van der Waals surface area contributed by atoms with Gasteiger partial charge in [0.1, 0.15) is 3.57 Å². The third kappa shape index (κ3) is 2.69. The highest BCUT2D eigenvalue weighted by atomic mass is 127. The minimum absolute atomic E-state index is 0.110. The summed E-state index contributed by atoms with van der Waals surface area (Å²) in [6.45, 7) is 0.363. The van der Waals surface area contributed by atoms with Crippen LogP contribution in [0.15, 0.2) is 4.79 Å². The van der Waals surface area contributed by atoms with E-state index in [-0.39, 0.29) is 5.56 Å². The lowest BCUT2D eigenvalue weighted by Gasteiger charge is -2.06. The van der Waals surface area contributed by atoms with E-state index in [1.165, 1.54) is 0 Å². The summed E-state index contributed by atoms with van der Waals surface area (Å²) in [5.41, 5.74) is 0.575. The minimum Gasteiger partial charge on any atom is -0.378 e. The first-order valence-corrected chi connectivity index (χ1v) is 5.82. The molecule has 0 bridgehead atoms. The molecule has 1 heterocycles. The summed E-state index contributed by atoms with van der Waals surface area (Å²) < 4.78 is 5.58. The summed E-state index contributed by atoms with van der Waals surface area (Å²) in [4.78, 5) is 18.5. The van der Waals surface area contributed by atoms with Crippen LogP contribution in [-0.4, -0.2) is 23.1 Å². The average Bonchev–Trinajstić information content (AvgIpc) is 2.98. The van der Waals surface area contributed by atoms with Crippen LogP contribution in [0.25, 0.3) is 0 Å². The molecule has 1 saturated carbocycles. The topological polar surface area (TPSA) is 67.0 Å². The van der Waals surface area contributed by atoms with Gasteiger partial charge in [0, 0.05) is 13.2 Å². The summed E-state index contributed by atoms with van der Waals surface area (Å²) in [6.07, 6.45) is 2.30. The number of nitrogens with one attached hydrogen (secondary N) is 2. The summed E-state index contributed by atoms with van der Waals surface area (Å²) >= 11 is 1.98. The van der Waals surface area contributed by atoms with E-state index >= 15 is 0 Å². The SMILES string of the molecule is COCc1nc(NC2CC2)[nH]c(=O)c1I. The van der Waals surface area contributed by atoms with E-state index in [0.717, 1.165) is 12.8 Å². The molecule has 1 fully saturated rings. The molecule has 2 rings (SSSR count). The summed E-state index contributed by atoms with van der Waals surface area (Å²) in [6, 6.07) is 0.476. The number of hydrogen-bond donors (Lipinski definition) is 2. The molecule has 0 spiro atoms. The van der Waals surface area contributed by atoms with Crippen molar-refractivity contribution in [1.29, 1.82) is 0 Å². The smallest absolute Gasteiger partial charge is 0.266 e. The third-order valence-electron chi connectivity index (χ3n) is 2.13. The van der Waals surface area contributed by atoms with Gasteiger partial charge in [0.2, 0.25) is 5.95 Å². The monoisotopic (exact) mass is 321 g/mol. The Hall–Kier alpha value is -0.630. The molecule has 0 aromatic carbocycles. The van der Waals surface area contributed by atoms with Crippen LogP contribution in [0.3, 0.4) is 0 Å². The van der Waals surface area contributed by atoms with E-state index in [9.17, 15) is 4.79 Å². The number of methoxy groups -OCH3 is 1. The van der Waals surface area contributed by atoms with E-state index < -0.39 is 0 Å². The molecular formula is C9H12IN3O2. The van der Waals surface area contributed by atoms with Crippen LogP contribution in [0, 0.1) is 3.57 Å². The Labute approximate surface area is 101 Å². The number of nitrogens with zero attached hydrogens (tertiary/aromatic N) is 1. The van der Waals surface area contributed by atoms with Crippen molar-refractivity contribution in [3.63, 3.8) is 0 Å². The van der Waals surface area contributed by atoms with Crippen molar-refractivity contribution in [3.8, 4) is 0 Å². The lowest BCUT2D eigenvalue weighted by atomic mass is 10.4. The zero-order valence-electron chi connectivity index (χ0n) is 8.34. The van der Waals surface area contributed by atoms with Crippen LogP contribution in [0.4, 0.5) is 5.95 Å². The molecule has 6 heteroatoms. The van der Waals surface area contributed by atoms with Gasteiger partial charge in [0.15, 0.2) is 0 Å².